The maximum absolute atomic E-state index is 13.1. The van der Waals surface area contributed by atoms with Crippen LogP contribution in [0.15, 0.2) is 12.1 Å². The molecule has 0 heterocycles. The van der Waals surface area contributed by atoms with E-state index in [1.807, 2.05) is 22.6 Å². The number of carbonyl (C=O) groups is 1. The minimum absolute atomic E-state index is 0.0272. The van der Waals surface area contributed by atoms with Gasteiger partial charge in [0.2, 0.25) is 0 Å². The lowest BCUT2D eigenvalue weighted by Gasteiger charge is -2.37. The highest BCUT2D eigenvalue weighted by molar-refractivity contribution is 14.1. The van der Waals surface area contributed by atoms with Gasteiger partial charge in [-0.3, -0.25) is 0 Å². The zero-order chi connectivity index (χ0) is 20.7. The van der Waals surface area contributed by atoms with Gasteiger partial charge in [-0.15, -0.1) is 0 Å². The normalized spacial score (nSPS) is 13.6. The highest BCUT2D eigenvalue weighted by Gasteiger charge is 2.75. The van der Waals surface area contributed by atoms with E-state index in [1.165, 1.54) is 28.7 Å². The standard InChI is InChI=1S/C11H5F6I3O5S/c12-10(13,14)9(11(15,16)17,3-26(22,23)24)25-8(21)4-1-6(19)7(20)2-5(4)18/h1-2H,3H2,(H,22,23,24)/p-1. The van der Waals surface area contributed by atoms with Crippen molar-refractivity contribution in [3.63, 3.8) is 0 Å². The third-order valence-corrected chi connectivity index (χ3v) is 7.26. The summed E-state index contributed by atoms with van der Waals surface area (Å²) in [5, 5.41) is 0. The Morgan fingerprint density at radius 3 is 1.77 bits per heavy atom. The second-order valence-corrected chi connectivity index (χ2v) is 9.55. The summed E-state index contributed by atoms with van der Waals surface area (Å²) >= 11 is 4.99. The molecule has 0 atom stereocenters. The molecule has 0 unspecified atom stereocenters. The first-order valence-corrected chi connectivity index (χ1v) is 10.7. The number of ether oxygens (including phenoxy) is 1. The maximum atomic E-state index is 13.1. The molecule has 0 fully saturated rings. The fourth-order valence-corrected chi connectivity index (χ4v) is 4.71. The van der Waals surface area contributed by atoms with Crippen LogP contribution in [0.25, 0.3) is 0 Å². The molecule has 5 nitrogen and oxygen atoms in total. The molecule has 1 aromatic rings. The van der Waals surface area contributed by atoms with E-state index >= 15 is 0 Å². The van der Waals surface area contributed by atoms with E-state index in [-0.39, 0.29) is 3.57 Å². The van der Waals surface area contributed by atoms with Crippen molar-refractivity contribution in [3.05, 3.63) is 28.4 Å². The molecule has 148 valence electrons. The van der Waals surface area contributed by atoms with E-state index in [0.29, 0.717) is 7.14 Å². The Morgan fingerprint density at radius 1 is 0.962 bits per heavy atom. The van der Waals surface area contributed by atoms with Crippen LogP contribution < -0.4 is 0 Å². The van der Waals surface area contributed by atoms with Gasteiger partial charge in [0.15, 0.2) is 0 Å². The Balaban J connectivity index is 3.56. The zero-order valence-electron chi connectivity index (χ0n) is 11.7. The second kappa shape index (κ2) is 8.01. The van der Waals surface area contributed by atoms with Crippen LogP contribution in [0, 0.1) is 10.7 Å². The highest BCUT2D eigenvalue weighted by atomic mass is 127. The number of hydrogen-bond acceptors (Lipinski definition) is 5. The Morgan fingerprint density at radius 2 is 1.38 bits per heavy atom. The summed E-state index contributed by atoms with van der Waals surface area (Å²) < 4.78 is 115. The number of halogens is 9. The first kappa shape index (κ1) is 24.4. The second-order valence-electron chi connectivity index (χ2n) is 4.66. The summed E-state index contributed by atoms with van der Waals surface area (Å²) in [4.78, 5) is 12.0. The van der Waals surface area contributed by atoms with Gasteiger partial charge >= 0.3 is 23.9 Å². The van der Waals surface area contributed by atoms with Crippen molar-refractivity contribution < 1.29 is 48.8 Å². The summed E-state index contributed by atoms with van der Waals surface area (Å²) in [7, 11) is -6.07. The van der Waals surface area contributed by atoms with Gasteiger partial charge in [0, 0.05) is 10.7 Å². The van der Waals surface area contributed by atoms with Crippen LogP contribution in [0.2, 0.25) is 0 Å². The zero-order valence-corrected chi connectivity index (χ0v) is 19.0. The molecule has 0 amide bonds. The Hall–Kier alpha value is 0.370. The van der Waals surface area contributed by atoms with Crippen LogP contribution in [0.1, 0.15) is 10.4 Å². The molecule has 0 aromatic heterocycles. The number of carbonyl (C=O) groups excluding carboxylic acids is 1. The fourth-order valence-electron chi connectivity index (χ4n) is 1.61. The van der Waals surface area contributed by atoms with Gasteiger partial charge in [0.25, 0.3) is 0 Å². The van der Waals surface area contributed by atoms with Crippen molar-refractivity contribution in [1.29, 1.82) is 0 Å². The molecule has 0 saturated heterocycles. The topological polar surface area (TPSA) is 83.5 Å². The number of alkyl halides is 6. The van der Waals surface area contributed by atoms with Crippen LogP contribution in [-0.2, 0) is 14.9 Å². The molecule has 0 aliphatic rings. The molecule has 1 aromatic carbocycles. The monoisotopic (exact) mass is 743 g/mol. The van der Waals surface area contributed by atoms with E-state index in [2.05, 4.69) is 4.74 Å². The predicted octanol–water partition coefficient (Wildman–Crippen LogP) is 4.07. The molecule has 1 rings (SSSR count). The number of benzene rings is 1. The van der Waals surface area contributed by atoms with Crippen molar-refractivity contribution in [2.24, 2.45) is 0 Å². The average molecular weight is 743 g/mol. The molecular formula is C11H4F6I3O5S-. The van der Waals surface area contributed by atoms with Crippen LogP contribution in [0.3, 0.4) is 0 Å². The first-order chi connectivity index (χ1) is 11.4. The molecule has 26 heavy (non-hydrogen) atoms. The molecular weight excluding hydrogens is 739 g/mol. The number of hydrogen-bond donors (Lipinski definition) is 0. The Kier molecular flexibility index (Phi) is 7.52. The predicted molar refractivity (Wildman–Crippen MR) is 99.4 cm³/mol. The molecule has 0 saturated carbocycles. The van der Waals surface area contributed by atoms with Gasteiger partial charge < -0.3 is 9.29 Å². The number of rotatable bonds is 4. The van der Waals surface area contributed by atoms with E-state index in [0.717, 1.165) is 6.07 Å². The molecule has 0 bridgehead atoms. The molecule has 0 N–H and O–H groups in total. The van der Waals surface area contributed by atoms with E-state index < -0.39 is 45.4 Å². The van der Waals surface area contributed by atoms with Gasteiger partial charge in [0.1, 0.15) is 0 Å². The lowest BCUT2D eigenvalue weighted by atomic mass is 10.1. The summed E-state index contributed by atoms with van der Waals surface area (Å²) in [6, 6.07) is 2.28. The van der Waals surface area contributed by atoms with Crippen molar-refractivity contribution in [3.8, 4) is 0 Å². The van der Waals surface area contributed by atoms with Gasteiger partial charge in [-0.05, 0) is 79.9 Å². The lowest BCUT2D eigenvalue weighted by molar-refractivity contribution is -0.356. The quantitative estimate of drug-likeness (QED) is 0.153. The van der Waals surface area contributed by atoms with Crippen molar-refractivity contribution >= 4 is 83.9 Å². The first-order valence-electron chi connectivity index (χ1n) is 5.86. The summed E-state index contributed by atoms with van der Waals surface area (Å²) in [5.41, 5.74) is -6.13. The van der Waals surface area contributed by atoms with Gasteiger partial charge in [0.05, 0.1) is 21.4 Å². The molecule has 0 aliphatic heterocycles. The maximum Gasteiger partial charge on any atom is 0.438 e. The smallest absolute Gasteiger partial charge is 0.438 e. The fraction of sp³-hybridized carbons (Fsp3) is 0.364. The number of esters is 1. The SMILES string of the molecule is O=C(OC(CS(=O)(=O)[O-])(C(F)(F)F)C(F)(F)F)c1cc(I)c(I)cc1I. The van der Waals surface area contributed by atoms with E-state index in [9.17, 15) is 44.1 Å². The van der Waals surface area contributed by atoms with Gasteiger partial charge in [-0.2, -0.15) is 26.3 Å². The van der Waals surface area contributed by atoms with Gasteiger partial charge in [-0.1, -0.05) is 0 Å². The average Bonchev–Trinajstić information content (AvgIpc) is 2.37. The van der Waals surface area contributed by atoms with Crippen LogP contribution in [0.5, 0.6) is 0 Å². The highest BCUT2D eigenvalue weighted by Crippen LogP contribution is 2.47. The molecule has 0 spiro atoms. The minimum Gasteiger partial charge on any atom is -0.748 e. The van der Waals surface area contributed by atoms with E-state index in [4.69, 9.17) is 0 Å². The largest absolute Gasteiger partial charge is 0.748 e. The van der Waals surface area contributed by atoms with Crippen LogP contribution in [-0.4, -0.2) is 42.6 Å². The Bertz CT molecular complexity index is 807. The molecule has 15 heteroatoms. The Labute approximate surface area is 183 Å². The van der Waals surface area contributed by atoms with Crippen molar-refractivity contribution in [2.45, 2.75) is 18.0 Å². The van der Waals surface area contributed by atoms with Crippen LogP contribution >= 0.6 is 67.8 Å². The third kappa shape index (κ3) is 5.46. The lowest BCUT2D eigenvalue weighted by Crippen LogP contribution is -2.63. The van der Waals surface area contributed by atoms with Gasteiger partial charge in [-0.25, -0.2) is 13.2 Å². The summed E-state index contributed by atoms with van der Waals surface area (Å²) in [6.07, 6.45) is -12.8. The molecule has 0 aliphatic carbocycles. The van der Waals surface area contributed by atoms with Crippen molar-refractivity contribution in [2.75, 3.05) is 5.75 Å². The third-order valence-electron chi connectivity index (χ3n) is 2.79. The summed E-state index contributed by atoms with van der Waals surface area (Å²) in [6.45, 7) is 0. The van der Waals surface area contributed by atoms with E-state index in [1.54, 1.807) is 22.6 Å². The van der Waals surface area contributed by atoms with Crippen LogP contribution in [0.4, 0.5) is 26.3 Å². The molecule has 0 radical (unpaired) electrons. The minimum atomic E-state index is -6.40. The summed E-state index contributed by atoms with van der Waals surface area (Å²) in [5.74, 6) is -5.10. The van der Waals surface area contributed by atoms with Crippen molar-refractivity contribution in [1.82, 2.24) is 0 Å².